The van der Waals surface area contributed by atoms with Crippen LogP contribution in [0.4, 0.5) is 0 Å². The van der Waals surface area contributed by atoms with Crippen molar-refractivity contribution in [1.82, 2.24) is 5.32 Å². The first-order valence-electron chi connectivity index (χ1n) is 11.1. The summed E-state index contributed by atoms with van der Waals surface area (Å²) >= 11 is 0. The number of amides is 1. The van der Waals surface area contributed by atoms with Gasteiger partial charge in [-0.05, 0) is 6.42 Å². The van der Waals surface area contributed by atoms with E-state index in [-0.39, 0.29) is 30.1 Å². The van der Waals surface area contributed by atoms with E-state index in [4.69, 9.17) is 9.47 Å². The van der Waals surface area contributed by atoms with Crippen molar-refractivity contribution < 1.29 is 19.1 Å². The molecular formula is C22H41NO4. The molecule has 0 radical (unpaired) electrons. The number of ether oxygens (including phenoxy) is 2. The monoisotopic (exact) mass is 383 g/mol. The van der Waals surface area contributed by atoms with E-state index < -0.39 is 0 Å². The fourth-order valence-corrected chi connectivity index (χ4v) is 3.84. The van der Waals surface area contributed by atoms with Crippen LogP contribution in [-0.2, 0) is 19.1 Å². The lowest BCUT2D eigenvalue weighted by Crippen LogP contribution is -2.45. The summed E-state index contributed by atoms with van der Waals surface area (Å²) < 4.78 is 11.2. The van der Waals surface area contributed by atoms with Gasteiger partial charge in [-0.2, -0.15) is 0 Å². The fraction of sp³-hybridized carbons (Fsp3) is 0.909. The Labute approximate surface area is 165 Å². The molecule has 0 bridgehead atoms. The van der Waals surface area contributed by atoms with Crippen molar-refractivity contribution in [3.8, 4) is 0 Å². The van der Waals surface area contributed by atoms with Gasteiger partial charge in [-0.3, -0.25) is 9.59 Å². The van der Waals surface area contributed by atoms with E-state index >= 15 is 0 Å². The van der Waals surface area contributed by atoms with E-state index in [1.54, 1.807) is 0 Å². The van der Waals surface area contributed by atoms with E-state index in [1.165, 1.54) is 84.5 Å². The number of hydrogen-bond donors (Lipinski definition) is 1. The predicted octanol–water partition coefficient (Wildman–Crippen LogP) is 4.91. The molecule has 0 aromatic heterocycles. The lowest BCUT2D eigenvalue weighted by molar-refractivity contribution is -0.150. The summed E-state index contributed by atoms with van der Waals surface area (Å²) in [5, 5.41) is 2.83. The van der Waals surface area contributed by atoms with Gasteiger partial charge in [0.05, 0.1) is 18.8 Å². The molecule has 1 fully saturated rings. The topological polar surface area (TPSA) is 64.6 Å². The normalized spacial score (nSPS) is 22.0. The third-order valence-corrected chi connectivity index (χ3v) is 5.29. The molecule has 1 rings (SSSR count). The SMILES string of the molecule is CCCCCCCCCCCCCC[C@H]1OC[C@@H](NC(C)=O)[C@H]1OC(C)=O. The van der Waals surface area contributed by atoms with Gasteiger partial charge in [0.1, 0.15) is 0 Å². The van der Waals surface area contributed by atoms with Crippen molar-refractivity contribution >= 4 is 11.9 Å². The molecule has 0 unspecified atom stereocenters. The van der Waals surface area contributed by atoms with Gasteiger partial charge in [0.2, 0.25) is 5.91 Å². The van der Waals surface area contributed by atoms with Crippen LogP contribution in [0.1, 0.15) is 104 Å². The quantitative estimate of drug-likeness (QED) is 0.322. The number of carbonyl (C=O) groups excluding carboxylic acids is 2. The molecule has 1 N–H and O–H groups in total. The summed E-state index contributed by atoms with van der Waals surface area (Å²) in [5.41, 5.74) is 0. The molecule has 1 aliphatic rings. The molecule has 0 saturated carbocycles. The van der Waals surface area contributed by atoms with E-state index in [2.05, 4.69) is 12.2 Å². The smallest absolute Gasteiger partial charge is 0.303 e. The average Bonchev–Trinajstić information content (AvgIpc) is 2.96. The zero-order chi connectivity index (χ0) is 19.9. The van der Waals surface area contributed by atoms with E-state index in [0.717, 1.165) is 12.8 Å². The van der Waals surface area contributed by atoms with Crippen molar-refractivity contribution in [2.24, 2.45) is 0 Å². The lowest BCUT2D eigenvalue weighted by Gasteiger charge is -2.23. The molecule has 0 aliphatic carbocycles. The van der Waals surface area contributed by atoms with Crippen LogP contribution < -0.4 is 5.32 Å². The summed E-state index contributed by atoms with van der Waals surface area (Å²) in [5.74, 6) is -0.438. The number of esters is 1. The lowest BCUT2D eigenvalue weighted by atomic mass is 10.0. The number of nitrogens with one attached hydrogen (secondary N) is 1. The van der Waals surface area contributed by atoms with Crippen molar-refractivity contribution in [2.75, 3.05) is 6.61 Å². The Morgan fingerprint density at radius 2 is 1.41 bits per heavy atom. The zero-order valence-electron chi connectivity index (χ0n) is 17.8. The molecule has 5 heteroatoms. The van der Waals surface area contributed by atoms with Crippen LogP contribution in [0.15, 0.2) is 0 Å². The van der Waals surface area contributed by atoms with Crippen LogP contribution in [0, 0.1) is 0 Å². The molecule has 27 heavy (non-hydrogen) atoms. The highest BCUT2D eigenvalue weighted by Gasteiger charge is 2.39. The first-order valence-corrected chi connectivity index (χ1v) is 11.1. The predicted molar refractivity (Wildman–Crippen MR) is 109 cm³/mol. The Morgan fingerprint density at radius 3 is 1.89 bits per heavy atom. The first kappa shape index (κ1) is 23.9. The van der Waals surface area contributed by atoms with Crippen LogP contribution in [0.2, 0.25) is 0 Å². The third kappa shape index (κ3) is 11.4. The third-order valence-electron chi connectivity index (χ3n) is 5.29. The number of rotatable bonds is 15. The summed E-state index contributed by atoms with van der Waals surface area (Å²) in [4.78, 5) is 22.7. The second kappa shape index (κ2) is 14.9. The van der Waals surface area contributed by atoms with Gasteiger partial charge in [0.25, 0.3) is 0 Å². The van der Waals surface area contributed by atoms with Crippen molar-refractivity contribution in [2.45, 2.75) is 122 Å². The summed E-state index contributed by atoms with van der Waals surface area (Å²) in [6.45, 7) is 5.56. The minimum atomic E-state index is -0.362. The van der Waals surface area contributed by atoms with Gasteiger partial charge in [-0.1, -0.05) is 84.0 Å². The Balaban J connectivity index is 2.07. The zero-order valence-corrected chi connectivity index (χ0v) is 17.8. The Bertz CT molecular complexity index is 413. The van der Waals surface area contributed by atoms with E-state index in [1.807, 2.05) is 0 Å². The summed E-state index contributed by atoms with van der Waals surface area (Å²) in [6.07, 6.45) is 16.2. The van der Waals surface area contributed by atoms with Crippen LogP contribution >= 0.6 is 0 Å². The molecule has 158 valence electrons. The highest BCUT2D eigenvalue weighted by molar-refractivity contribution is 5.73. The molecule has 1 heterocycles. The van der Waals surface area contributed by atoms with Crippen LogP contribution in [0.5, 0.6) is 0 Å². The molecule has 5 nitrogen and oxygen atoms in total. The molecule has 1 saturated heterocycles. The molecule has 0 spiro atoms. The highest BCUT2D eigenvalue weighted by atomic mass is 16.6. The average molecular weight is 384 g/mol. The van der Waals surface area contributed by atoms with Gasteiger partial charge in [-0.15, -0.1) is 0 Å². The fourth-order valence-electron chi connectivity index (χ4n) is 3.84. The molecule has 1 amide bonds. The van der Waals surface area contributed by atoms with Crippen LogP contribution in [0.3, 0.4) is 0 Å². The van der Waals surface area contributed by atoms with Crippen molar-refractivity contribution in [3.05, 3.63) is 0 Å². The molecule has 0 aromatic rings. The summed E-state index contributed by atoms with van der Waals surface area (Å²) in [6, 6.07) is -0.228. The Kier molecular flexibility index (Phi) is 13.2. The maximum absolute atomic E-state index is 11.4. The highest BCUT2D eigenvalue weighted by Crippen LogP contribution is 2.23. The van der Waals surface area contributed by atoms with Gasteiger partial charge in [-0.25, -0.2) is 0 Å². The maximum Gasteiger partial charge on any atom is 0.303 e. The first-order chi connectivity index (χ1) is 13.0. The second-order valence-corrected chi connectivity index (χ2v) is 7.93. The van der Waals surface area contributed by atoms with Crippen LogP contribution in [0.25, 0.3) is 0 Å². The van der Waals surface area contributed by atoms with Crippen LogP contribution in [-0.4, -0.2) is 36.7 Å². The minimum Gasteiger partial charge on any atom is -0.457 e. The Morgan fingerprint density at radius 1 is 0.889 bits per heavy atom. The minimum absolute atomic E-state index is 0.103. The number of carbonyl (C=O) groups is 2. The molecule has 1 aliphatic heterocycles. The van der Waals surface area contributed by atoms with Crippen molar-refractivity contribution in [3.63, 3.8) is 0 Å². The van der Waals surface area contributed by atoms with Crippen molar-refractivity contribution in [1.29, 1.82) is 0 Å². The van der Waals surface area contributed by atoms with E-state index in [9.17, 15) is 9.59 Å². The standard InChI is InChI=1S/C22H41NO4/c1-4-5-6-7-8-9-10-11-12-13-14-15-16-21-22(27-19(3)25)20(17-26-21)23-18(2)24/h20-22H,4-17H2,1-3H3,(H,23,24)/t20-,21-,22-/m1/s1. The summed E-state index contributed by atoms with van der Waals surface area (Å²) in [7, 11) is 0. The molecule has 0 aromatic carbocycles. The molecular weight excluding hydrogens is 342 g/mol. The maximum atomic E-state index is 11.4. The second-order valence-electron chi connectivity index (χ2n) is 7.93. The molecule has 3 atom stereocenters. The van der Waals surface area contributed by atoms with Gasteiger partial charge in [0.15, 0.2) is 6.10 Å². The number of hydrogen-bond acceptors (Lipinski definition) is 4. The Hall–Kier alpha value is -1.10. The van der Waals surface area contributed by atoms with Gasteiger partial charge >= 0.3 is 5.97 Å². The largest absolute Gasteiger partial charge is 0.457 e. The number of unbranched alkanes of at least 4 members (excludes halogenated alkanes) is 11. The van der Waals surface area contributed by atoms with Gasteiger partial charge in [0, 0.05) is 13.8 Å². The van der Waals surface area contributed by atoms with Gasteiger partial charge < -0.3 is 14.8 Å². The van der Waals surface area contributed by atoms with E-state index in [0.29, 0.717) is 6.61 Å².